The molecule has 0 saturated carbocycles. The zero-order valence-electron chi connectivity index (χ0n) is 16.9. The minimum absolute atomic E-state index is 0.0391. The van der Waals surface area contributed by atoms with Gasteiger partial charge >= 0.3 is 0 Å². The van der Waals surface area contributed by atoms with E-state index in [2.05, 4.69) is 15.7 Å². The maximum atomic E-state index is 12.9. The molecule has 154 valence electrons. The summed E-state index contributed by atoms with van der Waals surface area (Å²) in [6, 6.07) is 16.8. The molecular formula is C23H24N4O3. The van der Waals surface area contributed by atoms with Crippen LogP contribution in [0.15, 0.2) is 54.6 Å². The molecule has 0 spiro atoms. The Hall–Kier alpha value is -3.61. The fourth-order valence-corrected chi connectivity index (χ4v) is 3.62. The maximum Gasteiger partial charge on any atom is 0.276 e. The average molecular weight is 404 g/mol. The van der Waals surface area contributed by atoms with E-state index in [1.54, 1.807) is 24.3 Å². The van der Waals surface area contributed by atoms with Crippen LogP contribution >= 0.6 is 0 Å². The van der Waals surface area contributed by atoms with E-state index >= 15 is 0 Å². The van der Waals surface area contributed by atoms with E-state index in [-0.39, 0.29) is 18.4 Å². The predicted molar refractivity (Wildman–Crippen MR) is 114 cm³/mol. The van der Waals surface area contributed by atoms with Gasteiger partial charge in [-0.15, -0.1) is 0 Å². The van der Waals surface area contributed by atoms with Crippen molar-refractivity contribution >= 4 is 17.5 Å². The molecule has 0 saturated heterocycles. The van der Waals surface area contributed by atoms with Gasteiger partial charge in [-0.2, -0.15) is 5.10 Å². The lowest BCUT2D eigenvalue weighted by atomic mass is 10.2. The predicted octanol–water partition coefficient (Wildman–Crippen LogP) is 3.13. The molecule has 0 atom stereocenters. The van der Waals surface area contributed by atoms with Crippen molar-refractivity contribution in [3.8, 4) is 11.4 Å². The minimum Gasteiger partial charge on any atom is -0.484 e. The molecule has 0 unspecified atom stereocenters. The molecule has 1 aliphatic rings. The van der Waals surface area contributed by atoms with Gasteiger partial charge in [0.15, 0.2) is 12.3 Å². The second kappa shape index (κ2) is 8.82. The SMILES string of the molecule is CCNC(=O)COc1ccc(NC(=O)c2nn(-c3ccccc3)c3c2CCC3)cc1. The number of amides is 2. The van der Waals surface area contributed by atoms with Gasteiger partial charge in [0.1, 0.15) is 5.75 Å². The molecule has 30 heavy (non-hydrogen) atoms. The quantitative estimate of drug-likeness (QED) is 0.634. The number of para-hydroxylation sites is 1. The molecule has 0 bridgehead atoms. The van der Waals surface area contributed by atoms with Crippen molar-refractivity contribution in [3.63, 3.8) is 0 Å². The van der Waals surface area contributed by atoms with Gasteiger partial charge in [-0.25, -0.2) is 4.68 Å². The lowest BCUT2D eigenvalue weighted by molar-refractivity contribution is -0.122. The molecule has 2 amide bonds. The number of ether oxygens (including phenoxy) is 1. The number of carbonyl (C=O) groups is 2. The van der Waals surface area contributed by atoms with Gasteiger partial charge in [0.05, 0.1) is 5.69 Å². The monoisotopic (exact) mass is 404 g/mol. The number of fused-ring (bicyclic) bond motifs is 1. The summed E-state index contributed by atoms with van der Waals surface area (Å²) in [6.07, 6.45) is 2.80. The van der Waals surface area contributed by atoms with Crippen LogP contribution in [0.1, 0.15) is 35.1 Å². The van der Waals surface area contributed by atoms with E-state index in [0.717, 1.165) is 36.2 Å². The minimum atomic E-state index is -0.223. The van der Waals surface area contributed by atoms with Crippen molar-refractivity contribution < 1.29 is 14.3 Å². The lowest BCUT2D eigenvalue weighted by Crippen LogP contribution is -2.28. The molecule has 0 fully saturated rings. The molecule has 1 aliphatic carbocycles. The molecular weight excluding hydrogens is 380 g/mol. The van der Waals surface area contributed by atoms with E-state index < -0.39 is 0 Å². The first-order valence-corrected chi connectivity index (χ1v) is 10.1. The Morgan fingerprint density at radius 3 is 2.57 bits per heavy atom. The lowest BCUT2D eigenvalue weighted by Gasteiger charge is -2.08. The molecule has 0 aliphatic heterocycles. The highest BCUT2D eigenvalue weighted by Crippen LogP contribution is 2.28. The van der Waals surface area contributed by atoms with Gasteiger partial charge < -0.3 is 15.4 Å². The van der Waals surface area contributed by atoms with Crippen molar-refractivity contribution in [2.75, 3.05) is 18.5 Å². The van der Waals surface area contributed by atoms with Crippen molar-refractivity contribution in [2.45, 2.75) is 26.2 Å². The largest absolute Gasteiger partial charge is 0.484 e. The Morgan fingerprint density at radius 1 is 1.07 bits per heavy atom. The second-order valence-electron chi connectivity index (χ2n) is 7.10. The van der Waals surface area contributed by atoms with Crippen LogP contribution in [0.5, 0.6) is 5.75 Å². The van der Waals surface area contributed by atoms with Gasteiger partial charge in [0.25, 0.3) is 11.8 Å². The number of aromatic nitrogens is 2. The van der Waals surface area contributed by atoms with Crippen molar-refractivity contribution in [1.82, 2.24) is 15.1 Å². The first-order chi connectivity index (χ1) is 14.7. The van der Waals surface area contributed by atoms with Crippen molar-refractivity contribution in [2.24, 2.45) is 0 Å². The number of carbonyl (C=O) groups excluding carboxylic acids is 2. The number of hydrogen-bond donors (Lipinski definition) is 2. The summed E-state index contributed by atoms with van der Waals surface area (Å²) in [5.74, 6) is 0.171. The highest BCUT2D eigenvalue weighted by Gasteiger charge is 2.27. The molecule has 7 heteroatoms. The standard InChI is InChI=1S/C23H24N4O3/c1-2-24-21(28)15-30-18-13-11-16(12-14-18)25-23(29)22-19-9-6-10-20(19)27(26-22)17-7-4-3-5-8-17/h3-5,7-8,11-14H,2,6,9-10,15H2,1H3,(H,24,28)(H,25,29). The number of likely N-dealkylation sites (N-methyl/N-ethyl adjacent to an activating group) is 1. The number of hydrogen-bond acceptors (Lipinski definition) is 4. The summed E-state index contributed by atoms with van der Waals surface area (Å²) in [7, 11) is 0. The maximum absolute atomic E-state index is 12.9. The second-order valence-corrected chi connectivity index (χ2v) is 7.10. The fraction of sp³-hybridized carbons (Fsp3) is 0.261. The Balaban J connectivity index is 1.46. The van der Waals surface area contributed by atoms with Crippen LogP contribution in [-0.2, 0) is 17.6 Å². The average Bonchev–Trinajstić information content (AvgIpc) is 3.37. The van der Waals surface area contributed by atoms with Crippen LogP contribution < -0.4 is 15.4 Å². The van der Waals surface area contributed by atoms with Crippen LogP contribution in [0.3, 0.4) is 0 Å². The van der Waals surface area contributed by atoms with Crippen molar-refractivity contribution in [1.29, 1.82) is 0 Å². The van der Waals surface area contributed by atoms with Crippen LogP contribution in [-0.4, -0.2) is 34.7 Å². The fourth-order valence-electron chi connectivity index (χ4n) is 3.62. The zero-order valence-corrected chi connectivity index (χ0v) is 16.9. The molecule has 4 rings (SSSR count). The van der Waals surface area contributed by atoms with Crippen LogP contribution in [0.2, 0.25) is 0 Å². The van der Waals surface area contributed by atoms with E-state index in [4.69, 9.17) is 4.74 Å². The van der Waals surface area contributed by atoms with E-state index in [0.29, 0.717) is 23.7 Å². The Morgan fingerprint density at radius 2 is 1.83 bits per heavy atom. The summed E-state index contributed by atoms with van der Waals surface area (Å²) in [5, 5.41) is 10.2. The van der Waals surface area contributed by atoms with E-state index in [1.807, 2.05) is 41.9 Å². The Labute approximate surface area is 175 Å². The molecule has 1 heterocycles. The summed E-state index contributed by atoms with van der Waals surface area (Å²) >= 11 is 0. The number of nitrogens with one attached hydrogen (secondary N) is 2. The summed E-state index contributed by atoms with van der Waals surface area (Å²) in [4.78, 5) is 24.4. The topological polar surface area (TPSA) is 85.2 Å². The third kappa shape index (κ3) is 4.20. The van der Waals surface area contributed by atoms with Gasteiger partial charge in [-0.05, 0) is 62.6 Å². The first kappa shape index (κ1) is 19.7. The molecule has 7 nitrogen and oxygen atoms in total. The third-order valence-electron chi connectivity index (χ3n) is 5.00. The highest BCUT2D eigenvalue weighted by molar-refractivity contribution is 6.04. The van der Waals surface area contributed by atoms with Gasteiger partial charge in [-0.1, -0.05) is 18.2 Å². The first-order valence-electron chi connectivity index (χ1n) is 10.1. The molecule has 0 radical (unpaired) electrons. The number of nitrogens with zero attached hydrogens (tertiary/aromatic N) is 2. The number of rotatable bonds is 7. The Kier molecular flexibility index (Phi) is 5.79. The van der Waals surface area contributed by atoms with E-state index in [1.165, 1.54) is 0 Å². The molecule has 2 N–H and O–H groups in total. The van der Waals surface area contributed by atoms with Crippen LogP contribution in [0.4, 0.5) is 5.69 Å². The highest BCUT2D eigenvalue weighted by atomic mass is 16.5. The van der Waals surface area contributed by atoms with Gasteiger partial charge in [0.2, 0.25) is 0 Å². The van der Waals surface area contributed by atoms with E-state index in [9.17, 15) is 9.59 Å². The Bertz CT molecular complexity index is 1040. The van der Waals surface area contributed by atoms with Crippen LogP contribution in [0.25, 0.3) is 5.69 Å². The summed E-state index contributed by atoms with van der Waals surface area (Å²) < 4.78 is 7.32. The molecule has 2 aromatic carbocycles. The summed E-state index contributed by atoms with van der Waals surface area (Å²) in [6.45, 7) is 2.38. The summed E-state index contributed by atoms with van der Waals surface area (Å²) in [5.41, 5.74) is 4.22. The third-order valence-corrected chi connectivity index (χ3v) is 5.00. The zero-order chi connectivity index (χ0) is 20.9. The number of benzene rings is 2. The normalized spacial score (nSPS) is 12.3. The molecule has 3 aromatic rings. The van der Waals surface area contributed by atoms with Crippen molar-refractivity contribution in [3.05, 3.63) is 71.5 Å². The van der Waals surface area contributed by atoms with Gasteiger partial charge in [0, 0.05) is 23.5 Å². The van der Waals surface area contributed by atoms with Gasteiger partial charge in [-0.3, -0.25) is 9.59 Å². The van der Waals surface area contributed by atoms with Crippen LogP contribution in [0, 0.1) is 0 Å². The molecule has 1 aromatic heterocycles. The number of anilines is 1. The smallest absolute Gasteiger partial charge is 0.276 e.